The molecule has 0 bridgehead atoms. The van der Waals surface area contributed by atoms with Crippen molar-refractivity contribution in [3.63, 3.8) is 0 Å². The summed E-state index contributed by atoms with van der Waals surface area (Å²) in [4.78, 5) is 12.4. The van der Waals surface area contributed by atoms with Crippen molar-refractivity contribution < 1.29 is 19.4 Å². The Hall–Kier alpha value is -2.33. The van der Waals surface area contributed by atoms with Gasteiger partial charge in [0.2, 0.25) is 0 Å². The highest BCUT2D eigenvalue weighted by Crippen LogP contribution is 2.61. The number of fused-ring (bicyclic) bond motifs is 5. The van der Waals surface area contributed by atoms with E-state index in [1.165, 1.54) is 16.7 Å². The molecule has 3 unspecified atom stereocenters. The molecule has 1 N–H and O–H groups in total. The Morgan fingerprint density at radius 3 is 2.70 bits per heavy atom. The van der Waals surface area contributed by atoms with Gasteiger partial charge >= 0.3 is 5.97 Å². The normalized spacial score (nSPS) is 32.6. The Labute approximate surface area is 197 Å². The fraction of sp³-hybridized carbons (Fsp3) is 0.552. The first-order valence-corrected chi connectivity index (χ1v) is 12.5. The monoisotopic (exact) mass is 448 g/mol. The van der Waals surface area contributed by atoms with Crippen molar-refractivity contribution in [1.29, 1.82) is 0 Å². The molecule has 176 valence electrons. The molecule has 2 saturated carbocycles. The zero-order valence-electron chi connectivity index (χ0n) is 20.0. The van der Waals surface area contributed by atoms with E-state index in [2.05, 4.69) is 37.3 Å². The molecule has 4 nitrogen and oxygen atoms in total. The zero-order chi connectivity index (χ0) is 23.2. The number of esters is 1. The molecule has 3 aliphatic rings. The summed E-state index contributed by atoms with van der Waals surface area (Å²) in [7, 11) is 0. The van der Waals surface area contributed by atoms with Gasteiger partial charge in [-0.1, -0.05) is 57.2 Å². The van der Waals surface area contributed by atoms with Gasteiger partial charge in [0, 0.05) is 17.8 Å². The summed E-state index contributed by atoms with van der Waals surface area (Å²) >= 11 is 0. The Bertz CT molecular complexity index is 1000. The predicted molar refractivity (Wildman–Crippen MR) is 128 cm³/mol. The van der Waals surface area contributed by atoms with E-state index in [-0.39, 0.29) is 29.3 Å². The van der Waals surface area contributed by atoms with Crippen molar-refractivity contribution in [1.82, 2.24) is 0 Å². The van der Waals surface area contributed by atoms with Crippen molar-refractivity contribution in [2.75, 3.05) is 0 Å². The van der Waals surface area contributed by atoms with Gasteiger partial charge in [-0.2, -0.15) is 0 Å². The topological polar surface area (TPSA) is 55.8 Å². The minimum absolute atomic E-state index is 0.144. The van der Waals surface area contributed by atoms with E-state index in [1.807, 2.05) is 32.0 Å². The quantitative estimate of drug-likeness (QED) is 0.600. The number of aliphatic hydroxyl groups is 1. The minimum Gasteiger partial charge on any atom is -0.489 e. The molecule has 2 aromatic rings. The second-order valence-electron chi connectivity index (χ2n) is 10.9. The molecule has 0 heterocycles. The molecule has 0 radical (unpaired) electrons. The molecule has 33 heavy (non-hydrogen) atoms. The van der Waals surface area contributed by atoms with E-state index < -0.39 is 6.10 Å². The van der Waals surface area contributed by atoms with Crippen LogP contribution >= 0.6 is 0 Å². The van der Waals surface area contributed by atoms with Crippen LogP contribution in [0.25, 0.3) is 0 Å². The molecule has 0 aromatic heterocycles. The summed E-state index contributed by atoms with van der Waals surface area (Å²) < 4.78 is 12.1. The van der Waals surface area contributed by atoms with Gasteiger partial charge in [0.05, 0.1) is 12.0 Å². The maximum atomic E-state index is 12.4. The molecule has 2 fully saturated rings. The fourth-order valence-corrected chi connectivity index (χ4v) is 6.80. The van der Waals surface area contributed by atoms with Crippen molar-refractivity contribution in [3.05, 3.63) is 65.2 Å². The minimum atomic E-state index is -0.399. The van der Waals surface area contributed by atoms with E-state index in [1.54, 1.807) is 0 Å². The Morgan fingerprint density at radius 2 is 1.94 bits per heavy atom. The maximum absolute atomic E-state index is 12.4. The van der Waals surface area contributed by atoms with Gasteiger partial charge in [-0.3, -0.25) is 4.79 Å². The SMILES string of the molecule is CC(C)C(=O)O[C@@H]1C[C@H](O)[C@@]2(C)CCC3c4ccc(OCc5ccccc5)cc4CCC3C12. The first kappa shape index (κ1) is 22.5. The Balaban J connectivity index is 1.36. The first-order chi connectivity index (χ1) is 15.9. The van der Waals surface area contributed by atoms with Gasteiger partial charge < -0.3 is 14.6 Å². The largest absolute Gasteiger partial charge is 0.489 e. The summed E-state index contributed by atoms with van der Waals surface area (Å²) in [5, 5.41) is 11.0. The van der Waals surface area contributed by atoms with Crippen LogP contribution < -0.4 is 4.74 Å². The molecule has 0 spiro atoms. The highest BCUT2D eigenvalue weighted by molar-refractivity contribution is 5.71. The summed E-state index contributed by atoms with van der Waals surface area (Å²) in [6.07, 6.45) is 4.13. The van der Waals surface area contributed by atoms with Crippen LogP contribution in [0.2, 0.25) is 0 Å². The third kappa shape index (κ3) is 4.07. The number of hydrogen-bond donors (Lipinski definition) is 1. The number of rotatable bonds is 5. The molecule has 5 rings (SSSR count). The van der Waals surface area contributed by atoms with Crippen LogP contribution in [0.15, 0.2) is 48.5 Å². The number of aryl methyl sites for hydroxylation is 1. The fourth-order valence-electron chi connectivity index (χ4n) is 6.80. The van der Waals surface area contributed by atoms with Crippen LogP contribution in [0.4, 0.5) is 0 Å². The van der Waals surface area contributed by atoms with Gasteiger partial charge in [-0.15, -0.1) is 0 Å². The molecule has 4 heteroatoms. The zero-order valence-corrected chi connectivity index (χ0v) is 20.0. The molecule has 3 aliphatic carbocycles. The standard InChI is InChI=1S/C29H36O4/c1-18(2)28(31)33-25-16-26(30)29(3)14-13-23-22-12-10-21(32-17-19-7-5-4-6-8-19)15-20(22)9-11-24(23)27(25)29/h4-8,10,12,15,18,23-27,30H,9,11,13-14,16-17H2,1-3H3/t23?,24?,25-,26+,27?,29-/m1/s1. The van der Waals surface area contributed by atoms with Crippen molar-refractivity contribution >= 4 is 5.97 Å². The molecule has 2 aromatic carbocycles. The summed E-state index contributed by atoms with van der Waals surface area (Å²) in [6, 6.07) is 16.9. The van der Waals surface area contributed by atoms with Crippen LogP contribution in [0, 0.1) is 23.2 Å². The van der Waals surface area contributed by atoms with E-state index in [4.69, 9.17) is 9.47 Å². The van der Waals surface area contributed by atoms with Crippen LogP contribution in [0.5, 0.6) is 5.75 Å². The first-order valence-electron chi connectivity index (χ1n) is 12.5. The third-order valence-corrected chi connectivity index (χ3v) is 8.60. The van der Waals surface area contributed by atoms with Crippen LogP contribution in [0.3, 0.4) is 0 Å². The van der Waals surface area contributed by atoms with Gasteiger partial charge in [0.25, 0.3) is 0 Å². The summed E-state index contributed by atoms with van der Waals surface area (Å²) in [6.45, 7) is 6.56. The number of carbonyl (C=O) groups excluding carboxylic acids is 1. The molecule has 0 saturated heterocycles. The van der Waals surface area contributed by atoms with E-state index >= 15 is 0 Å². The van der Waals surface area contributed by atoms with Crippen molar-refractivity contribution in [2.24, 2.45) is 23.2 Å². The average Bonchev–Trinajstić information content (AvgIpc) is 3.07. The molecule has 0 amide bonds. The lowest BCUT2D eigenvalue weighted by Crippen LogP contribution is -2.47. The van der Waals surface area contributed by atoms with E-state index in [0.29, 0.717) is 24.9 Å². The number of ether oxygens (including phenoxy) is 2. The van der Waals surface area contributed by atoms with E-state index in [9.17, 15) is 9.90 Å². The number of carbonyl (C=O) groups is 1. The Morgan fingerprint density at radius 1 is 1.15 bits per heavy atom. The molecule has 6 atom stereocenters. The smallest absolute Gasteiger partial charge is 0.308 e. The van der Waals surface area contributed by atoms with Crippen LogP contribution in [0.1, 0.15) is 69.1 Å². The lowest BCUT2D eigenvalue weighted by Gasteiger charge is -2.50. The summed E-state index contributed by atoms with van der Waals surface area (Å²) in [5.74, 6) is 1.76. The number of hydrogen-bond acceptors (Lipinski definition) is 4. The second kappa shape index (κ2) is 8.79. The van der Waals surface area contributed by atoms with Gasteiger partial charge in [0.1, 0.15) is 18.5 Å². The van der Waals surface area contributed by atoms with E-state index in [0.717, 1.165) is 31.4 Å². The molecular formula is C29H36O4. The van der Waals surface area contributed by atoms with Gasteiger partial charge in [-0.05, 0) is 66.3 Å². The maximum Gasteiger partial charge on any atom is 0.308 e. The summed E-state index contributed by atoms with van der Waals surface area (Å²) in [5.41, 5.74) is 3.82. The van der Waals surface area contributed by atoms with Gasteiger partial charge in [-0.25, -0.2) is 0 Å². The Kier molecular flexibility index (Phi) is 5.98. The highest BCUT2D eigenvalue weighted by atomic mass is 16.5. The van der Waals surface area contributed by atoms with Crippen molar-refractivity contribution in [2.45, 2.75) is 77.6 Å². The van der Waals surface area contributed by atoms with Gasteiger partial charge in [0.15, 0.2) is 0 Å². The van der Waals surface area contributed by atoms with Crippen molar-refractivity contribution in [3.8, 4) is 5.75 Å². The van der Waals surface area contributed by atoms with Crippen LogP contribution in [-0.4, -0.2) is 23.3 Å². The third-order valence-electron chi connectivity index (χ3n) is 8.60. The number of aliphatic hydroxyl groups excluding tert-OH is 1. The molecular weight excluding hydrogens is 412 g/mol. The lowest BCUT2D eigenvalue weighted by atomic mass is 9.55. The highest BCUT2D eigenvalue weighted by Gasteiger charge is 2.60. The second-order valence-corrected chi connectivity index (χ2v) is 10.9. The van der Waals surface area contributed by atoms with Crippen LogP contribution in [-0.2, 0) is 22.6 Å². The number of benzene rings is 2. The predicted octanol–water partition coefficient (Wildman–Crippen LogP) is 5.66. The molecule has 0 aliphatic heterocycles. The average molecular weight is 449 g/mol. The lowest BCUT2D eigenvalue weighted by molar-refractivity contribution is -0.158.